The number of aryl methyl sites for hydroxylation is 2. The molecule has 2 aromatic rings. The molecule has 0 bridgehead atoms. The van der Waals surface area contributed by atoms with Crippen molar-refractivity contribution in [3.05, 3.63) is 53.1 Å². The van der Waals surface area contributed by atoms with E-state index in [9.17, 15) is 18.0 Å². The van der Waals surface area contributed by atoms with Gasteiger partial charge in [0.15, 0.2) is 0 Å². The maximum Gasteiger partial charge on any atom is 0.335 e. The monoisotopic (exact) mass is 386 g/mol. The van der Waals surface area contributed by atoms with Gasteiger partial charge in [0.25, 0.3) is 10.0 Å². The molecule has 0 saturated carbocycles. The van der Waals surface area contributed by atoms with E-state index in [1.54, 1.807) is 17.0 Å². The van der Waals surface area contributed by atoms with Crippen molar-refractivity contribution >= 4 is 33.3 Å². The Balaban J connectivity index is 1.68. The van der Waals surface area contributed by atoms with Crippen LogP contribution in [0.1, 0.15) is 34.3 Å². The van der Waals surface area contributed by atoms with Gasteiger partial charge < -0.3 is 10.0 Å². The van der Waals surface area contributed by atoms with Crippen LogP contribution in [-0.4, -0.2) is 31.9 Å². The van der Waals surface area contributed by atoms with Gasteiger partial charge in [-0.1, -0.05) is 0 Å². The van der Waals surface area contributed by atoms with Crippen LogP contribution in [0.15, 0.2) is 41.3 Å². The third-order valence-corrected chi connectivity index (χ3v) is 6.30. The molecule has 8 heteroatoms. The number of carbonyl (C=O) groups excluding carboxylic acids is 1. The minimum absolute atomic E-state index is 0.0842. The highest BCUT2D eigenvalue weighted by Gasteiger charge is 2.31. The lowest BCUT2D eigenvalue weighted by atomic mass is 9.92. The molecule has 0 fully saturated rings. The number of carboxylic acid groups (broad SMARTS) is 1. The van der Waals surface area contributed by atoms with Gasteiger partial charge >= 0.3 is 5.97 Å². The first kappa shape index (κ1) is 17.5. The van der Waals surface area contributed by atoms with Crippen LogP contribution < -0.4 is 9.62 Å². The highest BCUT2D eigenvalue weighted by Crippen LogP contribution is 2.37. The van der Waals surface area contributed by atoms with E-state index in [-0.39, 0.29) is 16.4 Å². The average molecular weight is 386 g/mol. The smallest absolute Gasteiger partial charge is 0.335 e. The van der Waals surface area contributed by atoms with Gasteiger partial charge in [-0.3, -0.25) is 9.52 Å². The Kier molecular flexibility index (Phi) is 4.15. The fourth-order valence-electron chi connectivity index (χ4n) is 3.67. The van der Waals surface area contributed by atoms with Crippen LogP contribution in [0.4, 0.5) is 11.4 Å². The van der Waals surface area contributed by atoms with Gasteiger partial charge in [-0.25, -0.2) is 13.2 Å². The van der Waals surface area contributed by atoms with Crippen molar-refractivity contribution in [2.24, 2.45) is 0 Å². The largest absolute Gasteiger partial charge is 0.478 e. The van der Waals surface area contributed by atoms with Gasteiger partial charge in [0.1, 0.15) is 0 Å². The number of nitrogens with zero attached hydrogens (tertiary/aromatic N) is 1. The van der Waals surface area contributed by atoms with E-state index in [2.05, 4.69) is 4.72 Å². The molecule has 0 saturated heterocycles. The number of hydrogen-bond donors (Lipinski definition) is 2. The van der Waals surface area contributed by atoms with Crippen LogP contribution in [0.25, 0.3) is 0 Å². The molecule has 2 aromatic carbocycles. The maximum absolute atomic E-state index is 12.8. The summed E-state index contributed by atoms with van der Waals surface area (Å²) in [6.07, 6.45) is 2.48. The van der Waals surface area contributed by atoms with E-state index in [0.29, 0.717) is 25.1 Å². The Morgan fingerprint density at radius 3 is 2.37 bits per heavy atom. The Bertz CT molecular complexity index is 1030. The van der Waals surface area contributed by atoms with E-state index < -0.39 is 16.0 Å². The van der Waals surface area contributed by atoms with Crippen LogP contribution >= 0.6 is 0 Å². The first-order chi connectivity index (χ1) is 12.8. The van der Waals surface area contributed by atoms with E-state index in [1.165, 1.54) is 24.3 Å². The van der Waals surface area contributed by atoms with Crippen LogP contribution in [0.5, 0.6) is 0 Å². The van der Waals surface area contributed by atoms with Crippen molar-refractivity contribution in [1.82, 2.24) is 0 Å². The number of rotatable bonds is 4. The lowest BCUT2D eigenvalue weighted by Crippen LogP contribution is -2.39. The topological polar surface area (TPSA) is 104 Å². The zero-order valence-electron chi connectivity index (χ0n) is 14.4. The number of sulfonamides is 1. The Morgan fingerprint density at radius 1 is 1.04 bits per heavy atom. The lowest BCUT2D eigenvalue weighted by molar-refractivity contribution is -0.119. The predicted octanol–water partition coefficient (Wildman–Crippen LogP) is 2.41. The number of carbonyl (C=O) groups is 2. The molecule has 0 radical (unpaired) electrons. The summed E-state index contributed by atoms with van der Waals surface area (Å²) in [5.74, 6) is -0.979. The summed E-state index contributed by atoms with van der Waals surface area (Å²) in [5, 5.41) is 8.94. The number of hydrogen-bond acceptors (Lipinski definition) is 4. The second-order valence-electron chi connectivity index (χ2n) is 6.73. The molecule has 0 unspecified atom stereocenters. The average Bonchev–Trinajstić information content (AvgIpc) is 2.64. The van der Waals surface area contributed by atoms with Gasteiger partial charge in [0, 0.05) is 18.7 Å². The zero-order valence-corrected chi connectivity index (χ0v) is 15.3. The van der Waals surface area contributed by atoms with Crippen LogP contribution in [0, 0.1) is 0 Å². The second-order valence-corrected chi connectivity index (χ2v) is 8.41. The fourth-order valence-corrected chi connectivity index (χ4v) is 4.83. The van der Waals surface area contributed by atoms with Crippen LogP contribution in [0.3, 0.4) is 0 Å². The van der Waals surface area contributed by atoms with Gasteiger partial charge in [-0.2, -0.15) is 0 Å². The molecule has 2 heterocycles. The summed E-state index contributed by atoms with van der Waals surface area (Å²) in [6, 6.07) is 8.81. The predicted molar refractivity (Wildman–Crippen MR) is 99.6 cm³/mol. The first-order valence-corrected chi connectivity index (χ1v) is 10.2. The second kappa shape index (κ2) is 6.38. The number of carboxylic acids is 1. The Labute approximate surface area is 156 Å². The van der Waals surface area contributed by atoms with Gasteiger partial charge in [-0.15, -0.1) is 0 Å². The highest BCUT2D eigenvalue weighted by molar-refractivity contribution is 7.92. The standard InChI is InChI=1S/C19H18N2O5S/c22-17-8-5-14-11-16(10-13-2-1-9-21(17)18(13)14)27(25,26)20-15-6-3-12(4-7-15)19(23)24/h3-4,6-7,10-11,20H,1-2,5,8-9H2,(H,23,24). The molecular formula is C19H18N2O5S. The number of benzene rings is 2. The lowest BCUT2D eigenvalue weighted by Gasteiger charge is -2.35. The summed E-state index contributed by atoms with van der Waals surface area (Å²) in [5.41, 5.74) is 3.02. The molecular weight excluding hydrogens is 368 g/mol. The fraction of sp³-hybridized carbons (Fsp3) is 0.263. The molecule has 140 valence electrons. The SMILES string of the molecule is O=C(O)c1ccc(NS(=O)(=O)c2cc3c4c(c2)CCC(=O)N4CCC3)cc1. The minimum atomic E-state index is -3.82. The van der Waals surface area contributed by atoms with E-state index >= 15 is 0 Å². The molecule has 1 amide bonds. The highest BCUT2D eigenvalue weighted by atomic mass is 32.2. The number of nitrogens with one attached hydrogen (secondary N) is 1. The van der Waals surface area contributed by atoms with Crippen molar-refractivity contribution < 1.29 is 23.1 Å². The van der Waals surface area contributed by atoms with E-state index in [1.807, 2.05) is 0 Å². The summed E-state index contributed by atoms with van der Waals surface area (Å²) >= 11 is 0. The summed E-state index contributed by atoms with van der Waals surface area (Å²) in [4.78, 5) is 25.0. The number of aromatic carboxylic acids is 1. The molecule has 0 aliphatic carbocycles. The van der Waals surface area contributed by atoms with Crippen molar-refractivity contribution in [2.75, 3.05) is 16.2 Å². The summed E-state index contributed by atoms with van der Waals surface area (Å²) in [7, 11) is -3.82. The van der Waals surface area contributed by atoms with Crippen molar-refractivity contribution in [3.8, 4) is 0 Å². The van der Waals surface area contributed by atoms with Crippen molar-refractivity contribution in [3.63, 3.8) is 0 Å². The third kappa shape index (κ3) is 3.16. The molecule has 0 aromatic heterocycles. The van der Waals surface area contributed by atoms with Crippen LogP contribution in [-0.2, 0) is 27.7 Å². The van der Waals surface area contributed by atoms with E-state index in [0.717, 1.165) is 29.7 Å². The molecule has 4 rings (SSSR count). The first-order valence-electron chi connectivity index (χ1n) is 8.67. The maximum atomic E-state index is 12.8. The normalized spacial score (nSPS) is 16.0. The molecule has 2 N–H and O–H groups in total. The van der Waals surface area contributed by atoms with Crippen molar-refractivity contribution in [2.45, 2.75) is 30.6 Å². The van der Waals surface area contributed by atoms with Gasteiger partial charge in [0.2, 0.25) is 5.91 Å². The zero-order chi connectivity index (χ0) is 19.2. The third-order valence-electron chi connectivity index (χ3n) is 4.94. The molecule has 2 aliphatic rings. The Hall–Kier alpha value is -2.87. The van der Waals surface area contributed by atoms with Crippen LogP contribution in [0.2, 0.25) is 0 Å². The molecule has 2 aliphatic heterocycles. The number of anilines is 2. The van der Waals surface area contributed by atoms with Gasteiger partial charge in [-0.05, 0) is 66.8 Å². The molecule has 0 atom stereocenters. The summed E-state index contributed by atoms with van der Waals surface area (Å²) in [6.45, 7) is 0.680. The number of amides is 1. The summed E-state index contributed by atoms with van der Waals surface area (Å²) < 4.78 is 28.2. The van der Waals surface area contributed by atoms with Crippen molar-refractivity contribution in [1.29, 1.82) is 0 Å². The molecule has 0 spiro atoms. The van der Waals surface area contributed by atoms with Gasteiger partial charge in [0.05, 0.1) is 16.1 Å². The van der Waals surface area contributed by atoms with E-state index in [4.69, 9.17) is 5.11 Å². The quantitative estimate of drug-likeness (QED) is 0.840. The molecule has 27 heavy (non-hydrogen) atoms. The molecule has 7 nitrogen and oxygen atoms in total. The Morgan fingerprint density at radius 2 is 1.70 bits per heavy atom. The minimum Gasteiger partial charge on any atom is -0.478 e.